The largest absolute Gasteiger partial charge is 0.471 e. The van der Waals surface area contributed by atoms with Gasteiger partial charge in [-0.15, -0.1) is 0 Å². The number of likely N-dealkylation sites (N-methyl/N-ethyl adjacent to an activating group) is 1. The highest BCUT2D eigenvalue weighted by atomic mass is 16.5. The number of H-pyrrole nitrogens is 2. The number of nitrogen functional groups attached to an aromatic ring is 1. The Morgan fingerprint density at radius 3 is 2.17 bits per heavy atom. The van der Waals surface area contributed by atoms with Crippen molar-refractivity contribution in [1.29, 1.82) is 0 Å². The maximum absolute atomic E-state index is 12.3. The minimum atomic E-state index is 0.0757. The van der Waals surface area contributed by atoms with Crippen molar-refractivity contribution in [3.8, 4) is 22.5 Å². The zero-order chi connectivity index (χ0) is 29.9. The first-order valence-corrected chi connectivity index (χ1v) is 13.8. The molecule has 0 spiro atoms. The highest BCUT2D eigenvalue weighted by Gasteiger charge is 2.14. The van der Waals surface area contributed by atoms with E-state index in [9.17, 15) is 4.79 Å². The van der Waals surface area contributed by atoms with Crippen molar-refractivity contribution in [2.75, 3.05) is 33.0 Å². The lowest BCUT2D eigenvalue weighted by atomic mass is 10.1. The summed E-state index contributed by atoms with van der Waals surface area (Å²) in [5, 5.41) is 4.02. The molecule has 0 aliphatic carbocycles. The number of imidazole rings is 1. The van der Waals surface area contributed by atoms with Crippen molar-refractivity contribution in [1.82, 2.24) is 25.2 Å². The summed E-state index contributed by atoms with van der Waals surface area (Å²) in [6, 6.07) is 16.3. The van der Waals surface area contributed by atoms with Gasteiger partial charge in [-0.2, -0.15) is 0 Å². The van der Waals surface area contributed by atoms with Crippen LogP contribution in [-0.4, -0.2) is 59.5 Å². The Morgan fingerprint density at radius 1 is 1.02 bits per heavy atom. The Bertz CT molecular complexity index is 1260. The molecule has 0 saturated heterocycles. The van der Waals surface area contributed by atoms with Crippen molar-refractivity contribution in [3.63, 3.8) is 0 Å². The van der Waals surface area contributed by atoms with Gasteiger partial charge in [0.25, 0.3) is 6.47 Å². The van der Waals surface area contributed by atoms with Crippen molar-refractivity contribution >= 4 is 29.0 Å². The van der Waals surface area contributed by atoms with Gasteiger partial charge in [0.1, 0.15) is 5.82 Å². The van der Waals surface area contributed by atoms with Gasteiger partial charge in [0, 0.05) is 28.8 Å². The lowest BCUT2D eigenvalue weighted by Gasteiger charge is -2.20. The van der Waals surface area contributed by atoms with E-state index in [-0.39, 0.29) is 5.91 Å². The van der Waals surface area contributed by atoms with Gasteiger partial charge in [-0.05, 0) is 48.9 Å². The number of nitrogens with zero attached hydrogens (tertiary/aromatic N) is 2. The summed E-state index contributed by atoms with van der Waals surface area (Å²) >= 11 is 0. The molecule has 218 valence electrons. The molecule has 5 N–H and O–H groups in total. The molecule has 0 unspecified atom stereocenters. The van der Waals surface area contributed by atoms with E-state index in [0.717, 1.165) is 51.4 Å². The Balaban J connectivity index is 0.000000788. The summed E-state index contributed by atoms with van der Waals surface area (Å²) in [6.07, 6.45) is 3.98. The third-order valence-electron chi connectivity index (χ3n) is 5.39. The molecule has 9 heteroatoms. The molecular weight excluding hydrogens is 504 g/mol. The number of carbonyl (C=O) groups is 2. The maximum atomic E-state index is 12.3. The summed E-state index contributed by atoms with van der Waals surface area (Å²) in [5.74, 6) is 0.858. The van der Waals surface area contributed by atoms with Gasteiger partial charge in [-0.1, -0.05) is 65.3 Å². The van der Waals surface area contributed by atoms with Crippen molar-refractivity contribution in [3.05, 3.63) is 60.6 Å². The fraction of sp³-hybridized carbons (Fsp3) is 0.387. The minimum Gasteiger partial charge on any atom is -0.471 e. The highest BCUT2D eigenvalue weighted by molar-refractivity contribution is 5.88. The van der Waals surface area contributed by atoms with Gasteiger partial charge in [-0.25, -0.2) is 4.98 Å². The van der Waals surface area contributed by atoms with Gasteiger partial charge in [-0.3, -0.25) is 9.59 Å². The number of anilines is 1. The summed E-state index contributed by atoms with van der Waals surface area (Å²) in [7, 11) is 3.09. The van der Waals surface area contributed by atoms with Crippen LogP contribution in [-0.2, 0) is 20.9 Å². The molecule has 9 nitrogen and oxygen atoms in total. The Hall–Kier alpha value is -4.11. The van der Waals surface area contributed by atoms with Crippen LogP contribution in [0, 0.1) is 0 Å². The molecule has 0 aliphatic heterocycles. The van der Waals surface area contributed by atoms with Crippen LogP contribution in [0.1, 0.15) is 53.3 Å². The fourth-order valence-corrected chi connectivity index (χ4v) is 3.73. The SMILES string of the molecule is CC.CCC.CCCN(Cc1ncc(-c2ccc(-c3cc4cc(N)ccc4[nH]3)cc2)[nH]1)C(=O)CNC.COC=O. The van der Waals surface area contributed by atoms with Crippen molar-refractivity contribution in [2.45, 2.75) is 54.0 Å². The van der Waals surface area contributed by atoms with E-state index in [1.807, 2.05) is 43.1 Å². The monoisotopic (exact) mass is 550 g/mol. The predicted molar refractivity (Wildman–Crippen MR) is 166 cm³/mol. The number of nitrogens with one attached hydrogen (secondary N) is 3. The number of hydrogen-bond acceptors (Lipinski definition) is 6. The molecule has 2 heterocycles. The zero-order valence-corrected chi connectivity index (χ0v) is 25.0. The van der Waals surface area contributed by atoms with Gasteiger partial charge >= 0.3 is 0 Å². The van der Waals surface area contributed by atoms with E-state index < -0.39 is 0 Å². The van der Waals surface area contributed by atoms with Gasteiger partial charge in [0.05, 0.1) is 32.1 Å². The van der Waals surface area contributed by atoms with E-state index in [2.05, 4.69) is 76.1 Å². The number of hydrogen-bond donors (Lipinski definition) is 4. The van der Waals surface area contributed by atoms with E-state index >= 15 is 0 Å². The molecule has 2 aromatic carbocycles. The summed E-state index contributed by atoms with van der Waals surface area (Å²) in [6.45, 7) is 12.2. The van der Waals surface area contributed by atoms with E-state index in [0.29, 0.717) is 26.1 Å². The third kappa shape index (κ3) is 10.6. The van der Waals surface area contributed by atoms with Gasteiger partial charge in [0.2, 0.25) is 5.91 Å². The van der Waals surface area contributed by atoms with Crippen LogP contribution in [0.2, 0.25) is 0 Å². The van der Waals surface area contributed by atoms with Crippen molar-refractivity contribution in [2.24, 2.45) is 0 Å². The van der Waals surface area contributed by atoms with Crippen molar-refractivity contribution < 1.29 is 14.3 Å². The van der Waals surface area contributed by atoms with Crippen LogP contribution < -0.4 is 11.1 Å². The Labute approximate surface area is 238 Å². The molecule has 2 aromatic heterocycles. The molecule has 0 saturated carbocycles. The topological polar surface area (TPSA) is 129 Å². The number of amides is 1. The standard InChI is InChI=1S/C24H28N6O.C3H8.C2H4O2.C2H6/c1-3-10-30(24(31)14-26-2)15-23-27-13-22(29-23)17-6-4-16(5-7-17)21-12-18-11-19(25)8-9-20(18)28-21;1-3-2;1-4-2-3;1-2/h4-9,11-13,26,28H,3,10,14-15,25H2,1-2H3,(H,27,29);3H2,1-2H3;2H,1H3;1-2H3. The number of aromatic nitrogens is 3. The Kier molecular flexibility index (Phi) is 16.1. The second-order valence-electron chi connectivity index (χ2n) is 8.74. The predicted octanol–water partition coefficient (Wildman–Crippen LogP) is 6.00. The Morgan fingerprint density at radius 2 is 1.62 bits per heavy atom. The molecule has 0 fully saturated rings. The van der Waals surface area contributed by atoms with Crippen LogP contribution in [0.15, 0.2) is 54.7 Å². The second-order valence-corrected chi connectivity index (χ2v) is 8.74. The number of ether oxygens (including phenoxy) is 1. The average molecular weight is 551 g/mol. The summed E-state index contributed by atoms with van der Waals surface area (Å²) in [5.41, 5.74) is 11.8. The number of methoxy groups -OCH3 is 1. The second kappa shape index (κ2) is 19.0. The number of aromatic amines is 2. The zero-order valence-electron chi connectivity index (χ0n) is 25.0. The van der Waals surface area contributed by atoms with Gasteiger partial charge in [0.15, 0.2) is 0 Å². The first kappa shape index (κ1) is 33.9. The maximum Gasteiger partial charge on any atom is 0.292 e. The van der Waals surface area contributed by atoms with Gasteiger partial charge < -0.3 is 30.7 Å². The van der Waals surface area contributed by atoms with E-state index in [1.54, 1.807) is 7.05 Å². The third-order valence-corrected chi connectivity index (χ3v) is 5.39. The molecular formula is C31H46N6O3. The number of rotatable bonds is 9. The lowest BCUT2D eigenvalue weighted by Crippen LogP contribution is -2.37. The number of carbonyl (C=O) groups excluding carboxylic acids is 2. The first-order valence-electron chi connectivity index (χ1n) is 13.8. The number of nitrogens with two attached hydrogens (primary N) is 1. The first-order chi connectivity index (χ1) is 19.4. The quantitative estimate of drug-likeness (QED) is 0.149. The number of fused-ring (bicyclic) bond motifs is 1. The summed E-state index contributed by atoms with van der Waals surface area (Å²) in [4.78, 5) is 34.3. The van der Waals surface area contributed by atoms with Crippen LogP contribution in [0.4, 0.5) is 5.69 Å². The van der Waals surface area contributed by atoms with Crippen LogP contribution in [0.25, 0.3) is 33.4 Å². The molecule has 0 aliphatic rings. The molecule has 4 aromatic rings. The van der Waals surface area contributed by atoms with Crippen LogP contribution >= 0.6 is 0 Å². The molecule has 0 bridgehead atoms. The van der Waals surface area contributed by atoms with E-state index in [1.165, 1.54) is 13.5 Å². The normalized spacial score (nSPS) is 9.78. The molecule has 0 radical (unpaired) electrons. The van der Waals surface area contributed by atoms with E-state index in [4.69, 9.17) is 10.5 Å². The van der Waals surface area contributed by atoms with Crippen LogP contribution in [0.5, 0.6) is 0 Å². The fourth-order valence-electron chi connectivity index (χ4n) is 3.73. The molecule has 1 amide bonds. The summed E-state index contributed by atoms with van der Waals surface area (Å²) < 4.78 is 3.86. The lowest BCUT2D eigenvalue weighted by molar-refractivity contribution is -0.131. The molecule has 0 atom stereocenters. The smallest absolute Gasteiger partial charge is 0.292 e. The average Bonchev–Trinajstić information content (AvgIpc) is 3.62. The van der Waals surface area contributed by atoms with Crippen LogP contribution in [0.3, 0.4) is 0 Å². The number of benzene rings is 2. The highest BCUT2D eigenvalue weighted by Crippen LogP contribution is 2.27. The molecule has 40 heavy (non-hydrogen) atoms. The minimum absolute atomic E-state index is 0.0757. The molecule has 4 rings (SSSR count).